The molecule has 0 radical (unpaired) electrons. The number of ether oxygens (including phenoxy) is 4. The van der Waals surface area contributed by atoms with Crippen LogP contribution in [0.4, 0.5) is 9.59 Å². The van der Waals surface area contributed by atoms with Crippen LogP contribution in [0.15, 0.2) is 0 Å². The van der Waals surface area contributed by atoms with Gasteiger partial charge in [-0.3, -0.25) is 14.4 Å². The number of esters is 2. The molecule has 3 amide bonds. The van der Waals surface area contributed by atoms with Crippen molar-refractivity contribution in [1.82, 2.24) is 16.0 Å². The normalized spacial score (nSPS) is 14.3. The van der Waals surface area contributed by atoms with Crippen LogP contribution in [-0.2, 0) is 47.7 Å². The summed E-state index contributed by atoms with van der Waals surface area (Å²) in [5.74, 6) is -6.88. The van der Waals surface area contributed by atoms with Gasteiger partial charge in [0.15, 0.2) is 0 Å². The van der Waals surface area contributed by atoms with E-state index in [1.807, 2.05) is 0 Å². The molecule has 0 aliphatic rings. The number of hydrogen-bond donors (Lipinski definition) is 5. The first kappa shape index (κ1) is 50.3. The van der Waals surface area contributed by atoms with Gasteiger partial charge in [0.2, 0.25) is 5.91 Å². The van der Waals surface area contributed by atoms with Crippen molar-refractivity contribution >= 4 is 69.3 Å². The number of rotatable bonds is 20. The van der Waals surface area contributed by atoms with E-state index in [9.17, 15) is 48.6 Å². The van der Waals surface area contributed by atoms with Crippen LogP contribution >= 0.6 is 21.6 Å². The summed E-state index contributed by atoms with van der Waals surface area (Å²) in [5, 5.41) is 26.6. The zero-order valence-corrected chi connectivity index (χ0v) is 35.0. The fourth-order valence-corrected chi connectivity index (χ4v) is 6.46. The second-order valence-electron chi connectivity index (χ2n) is 16.3. The Kier molecular flexibility index (Phi) is 20.5. The first-order chi connectivity index (χ1) is 24.4. The van der Waals surface area contributed by atoms with E-state index < -0.39 is 101 Å². The van der Waals surface area contributed by atoms with Gasteiger partial charge < -0.3 is 45.1 Å². The molecule has 0 aromatic rings. The molecule has 0 bridgehead atoms. The van der Waals surface area contributed by atoms with Gasteiger partial charge in [0.25, 0.3) is 0 Å². The molecule has 0 aliphatic heterocycles. The lowest BCUT2D eigenvalue weighted by atomic mass is 10.00. The van der Waals surface area contributed by atoms with Crippen molar-refractivity contribution in [2.45, 2.75) is 156 Å². The van der Waals surface area contributed by atoms with Gasteiger partial charge in [-0.05, 0) is 95.9 Å². The Bertz CT molecular complexity index is 1230. The van der Waals surface area contributed by atoms with E-state index in [1.165, 1.54) is 0 Å². The summed E-state index contributed by atoms with van der Waals surface area (Å²) >= 11 is 0. The Morgan fingerprint density at radius 1 is 0.519 bits per heavy atom. The van der Waals surface area contributed by atoms with Crippen LogP contribution in [0.25, 0.3) is 0 Å². The monoisotopic (exact) mass is 809 g/mol. The fraction of sp³-hybridized carbons (Fsp3) is 0.771. The molecule has 17 nitrogen and oxygen atoms in total. The van der Waals surface area contributed by atoms with Crippen LogP contribution in [-0.4, -0.2) is 110 Å². The van der Waals surface area contributed by atoms with Crippen molar-refractivity contribution in [3.63, 3.8) is 0 Å². The maximum atomic E-state index is 12.8. The molecule has 0 aliphatic carbocycles. The molecular formula is C35H59N3O14S2. The standard InChI is InChI=1S/C35H59N3O14S2/c1-32(2,3)49-28(45)22(37-30(47)51-34(7,8)9)14-13-21(39)17-20(26(41)42)18-53-54-19-24(27(43)44)36-25(40)16-15-23(29(46)50-33(4,5)6)38-31(48)52-35(10,11)12/h20,22-24H,13-19H2,1-12H3,(H,36,40)(H,37,47)(H,38,48)(H,41,42)(H,43,44)/t20-,22-,23-,24-/m0/s1. The SMILES string of the molecule is CC(C)(C)OC(=O)N[C@@H](CCC(=O)C[C@@H](CSSC[C@H](NC(=O)CC[C@H](NC(=O)OC(C)(C)C)C(=O)OC(C)(C)C)C(=O)O)C(=O)O)C(=O)OC(C)(C)C. The number of alkyl carbamates (subject to hydrolysis) is 2. The van der Waals surface area contributed by atoms with E-state index in [4.69, 9.17) is 18.9 Å². The third-order valence-electron chi connectivity index (χ3n) is 6.18. The topological polar surface area (TPSA) is 250 Å². The van der Waals surface area contributed by atoms with Crippen molar-refractivity contribution in [1.29, 1.82) is 0 Å². The first-order valence-corrected chi connectivity index (χ1v) is 19.8. The average molecular weight is 810 g/mol. The summed E-state index contributed by atoms with van der Waals surface area (Å²) in [4.78, 5) is 99.5. The number of carboxylic acids is 2. The average Bonchev–Trinajstić information content (AvgIpc) is 2.94. The number of amides is 3. The predicted molar refractivity (Wildman–Crippen MR) is 202 cm³/mol. The second kappa shape index (κ2) is 22.0. The third-order valence-corrected chi connectivity index (χ3v) is 8.67. The summed E-state index contributed by atoms with van der Waals surface area (Å²) < 4.78 is 21.1. The maximum Gasteiger partial charge on any atom is 0.408 e. The molecule has 5 N–H and O–H groups in total. The Labute approximate surface area is 325 Å². The Morgan fingerprint density at radius 3 is 1.28 bits per heavy atom. The molecule has 0 heterocycles. The van der Waals surface area contributed by atoms with Crippen LogP contribution < -0.4 is 16.0 Å². The molecule has 19 heteroatoms. The molecule has 0 unspecified atom stereocenters. The summed E-state index contributed by atoms with van der Waals surface area (Å²) in [6.07, 6.45) is -3.19. The van der Waals surface area contributed by atoms with Crippen LogP contribution in [0.1, 0.15) is 115 Å². The van der Waals surface area contributed by atoms with Gasteiger partial charge in [-0.1, -0.05) is 21.6 Å². The maximum absolute atomic E-state index is 12.8. The smallest absolute Gasteiger partial charge is 0.408 e. The van der Waals surface area contributed by atoms with E-state index >= 15 is 0 Å². The number of carbonyl (C=O) groups is 8. The summed E-state index contributed by atoms with van der Waals surface area (Å²) in [5.41, 5.74) is -3.49. The third kappa shape index (κ3) is 25.3. The molecule has 0 aromatic carbocycles. The quantitative estimate of drug-likeness (QED) is 0.0487. The minimum absolute atomic E-state index is 0.0917. The highest BCUT2D eigenvalue weighted by molar-refractivity contribution is 8.76. The molecule has 0 saturated heterocycles. The van der Waals surface area contributed by atoms with Crippen molar-refractivity contribution in [3.05, 3.63) is 0 Å². The number of hydrogen-bond acceptors (Lipinski definition) is 14. The lowest BCUT2D eigenvalue weighted by Gasteiger charge is -2.26. The van der Waals surface area contributed by atoms with E-state index in [-0.39, 0.29) is 37.2 Å². The van der Waals surface area contributed by atoms with Gasteiger partial charge in [0.1, 0.15) is 46.3 Å². The van der Waals surface area contributed by atoms with Gasteiger partial charge in [-0.15, -0.1) is 0 Å². The molecular weight excluding hydrogens is 751 g/mol. The largest absolute Gasteiger partial charge is 0.481 e. The second-order valence-corrected chi connectivity index (χ2v) is 18.9. The van der Waals surface area contributed by atoms with Crippen molar-refractivity contribution in [3.8, 4) is 0 Å². The number of ketones is 1. The van der Waals surface area contributed by atoms with Crippen LogP contribution in [0.3, 0.4) is 0 Å². The van der Waals surface area contributed by atoms with Crippen LogP contribution in [0, 0.1) is 5.92 Å². The zero-order chi connectivity index (χ0) is 42.2. The first-order valence-electron chi connectivity index (χ1n) is 17.3. The lowest BCUT2D eigenvalue weighted by Crippen LogP contribution is -2.47. The molecule has 0 aromatic heterocycles. The summed E-state index contributed by atoms with van der Waals surface area (Å²) in [6.45, 7) is 19.6. The molecule has 0 fully saturated rings. The molecule has 0 spiro atoms. The van der Waals surface area contributed by atoms with Gasteiger partial charge >= 0.3 is 36.1 Å². The van der Waals surface area contributed by atoms with Crippen molar-refractivity contribution in [2.75, 3.05) is 11.5 Å². The van der Waals surface area contributed by atoms with E-state index in [1.54, 1.807) is 83.1 Å². The van der Waals surface area contributed by atoms with Crippen molar-refractivity contribution in [2.24, 2.45) is 5.92 Å². The Morgan fingerprint density at radius 2 is 0.907 bits per heavy atom. The van der Waals surface area contributed by atoms with Gasteiger partial charge in [-0.25, -0.2) is 24.0 Å². The van der Waals surface area contributed by atoms with Gasteiger partial charge in [-0.2, -0.15) is 0 Å². The predicted octanol–water partition coefficient (Wildman–Crippen LogP) is 4.63. The molecule has 310 valence electrons. The highest BCUT2D eigenvalue weighted by Crippen LogP contribution is 2.27. The Hall–Kier alpha value is -3.74. The molecule has 0 saturated carbocycles. The highest BCUT2D eigenvalue weighted by atomic mass is 33.1. The number of carboxylic acid groups (broad SMARTS) is 2. The molecule has 54 heavy (non-hydrogen) atoms. The highest BCUT2D eigenvalue weighted by Gasteiger charge is 2.32. The van der Waals surface area contributed by atoms with Crippen LogP contribution in [0.5, 0.6) is 0 Å². The van der Waals surface area contributed by atoms with E-state index in [0.29, 0.717) is 0 Å². The van der Waals surface area contributed by atoms with E-state index in [0.717, 1.165) is 21.6 Å². The van der Waals surface area contributed by atoms with Gasteiger partial charge in [0.05, 0.1) is 5.92 Å². The fourth-order valence-electron chi connectivity index (χ4n) is 4.01. The summed E-state index contributed by atoms with van der Waals surface area (Å²) in [7, 11) is 1.96. The van der Waals surface area contributed by atoms with Crippen LogP contribution in [0.2, 0.25) is 0 Å². The number of Topliss-reactive ketones (excluding diaryl/α,β-unsaturated/α-hetero) is 1. The lowest BCUT2D eigenvalue weighted by molar-refractivity contribution is -0.158. The minimum Gasteiger partial charge on any atom is -0.481 e. The Balaban J connectivity index is 5.27. The van der Waals surface area contributed by atoms with Crippen molar-refractivity contribution < 1.29 is 67.5 Å². The van der Waals surface area contributed by atoms with E-state index in [2.05, 4.69) is 16.0 Å². The molecule has 4 atom stereocenters. The zero-order valence-electron chi connectivity index (χ0n) is 33.4. The number of carbonyl (C=O) groups excluding carboxylic acids is 6. The molecule has 0 rings (SSSR count). The minimum atomic E-state index is -1.39. The number of aliphatic carboxylic acids is 2. The number of nitrogens with one attached hydrogen (secondary N) is 3. The summed E-state index contributed by atoms with van der Waals surface area (Å²) in [6, 6.07) is -3.89. The van der Waals surface area contributed by atoms with Gasteiger partial charge in [0, 0.05) is 30.8 Å².